The van der Waals surface area contributed by atoms with Crippen molar-refractivity contribution >= 4 is 27.6 Å². The van der Waals surface area contributed by atoms with Crippen LogP contribution < -0.4 is 4.18 Å². The van der Waals surface area contributed by atoms with Crippen molar-refractivity contribution in [1.82, 2.24) is 9.80 Å². The first-order valence-corrected chi connectivity index (χ1v) is 11.4. The Morgan fingerprint density at radius 2 is 1.81 bits per heavy atom. The third-order valence-electron chi connectivity index (χ3n) is 4.52. The number of amides is 1. The predicted octanol–water partition coefficient (Wildman–Crippen LogP) is 4.04. The Kier molecular flexibility index (Phi) is 7.55. The molecule has 1 aromatic heterocycles. The van der Waals surface area contributed by atoms with Crippen LogP contribution in [0.25, 0.3) is 0 Å². The highest BCUT2D eigenvalue weighted by atomic mass is 35.5. The molecule has 0 atom stereocenters. The van der Waals surface area contributed by atoms with Crippen LogP contribution >= 0.6 is 11.6 Å². The summed E-state index contributed by atoms with van der Waals surface area (Å²) in [6.45, 7) is 0.947. The molecule has 0 bridgehead atoms. The summed E-state index contributed by atoms with van der Waals surface area (Å²) in [5.74, 6) is -0.749. The molecule has 7 nitrogen and oxygen atoms in total. The maximum Gasteiger partial charge on any atom is 0.339 e. The Morgan fingerprint density at radius 1 is 1.09 bits per heavy atom. The molecule has 0 N–H and O–H groups in total. The van der Waals surface area contributed by atoms with Gasteiger partial charge in [-0.05, 0) is 68.7 Å². The third kappa shape index (κ3) is 6.09. The molecule has 0 aliphatic heterocycles. The molecular formula is C22H22ClFN2O5S. The highest BCUT2D eigenvalue weighted by Crippen LogP contribution is 2.28. The molecule has 3 rings (SSSR count). The number of nitrogens with zero attached hydrogens (tertiary/aromatic N) is 2. The Morgan fingerprint density at radius 3 is 2.44 bits per heavy atom. The van der Waals surface area contributed by atoms with Gasteiger partial charge in [0.1, 0.15) is 16.5 Å². The number of rotatable bonds is 9. The van der Waals surface area contributed by atoms with Gasteiger partial charge in [-0.25, -0.2) is 4.39 Å². The van der Waals surface area contributed by atoms with Crippen LogP contribution in [0, 0.1) is 5.82 Å². The summed E-state index contributed by atoms with van der Waals surface area (Å²) in [5.41, 5.74) is 0.391. The van der Waals surface area contributed by atoms with E-state index < -0.39 is 15.9 Å². The van der Waals surface area contributed by atoms with Crippen molar-refractivity contribution in [3.63, 3.8) is 0 Å². The number of hydrogen-bond donors (Lipinski definition) is 0. The van der Waals surface area contributed by atoms with E-state index in [9.17, 15) is 17.6 Å². The van der Waals surface area contributed by atoms with Gasteiger partial charge in [0, 0.05) is 30.2 Å². The predicted molar refractivity (Wildman–Crippen MR) is 118 cm³/mol. The van der Waals surface area contributed by atoms with Gasteiger partial charge >= 0.3 is 10.1 Å². The average Bonchev–Trinajstić information content (AvgIpc) is 3.27. The topological polar surface area (TPSA) is 80.1 Å². The smallest absolute Gasteiger partial charge is 0.339 e. The fourth-order valence-electron chi connectivity index (χ4n) is 2.86. The van der Waals surface area contributed by atoms with Gasteiger partial charge in [-0.2, -0.15) is 8.42 Å². The normalized spacial score (nSPS) is 11.5. The first-order valence-electron chi connectivity index (χ1n) is 9.62. The number of benzene rings is 2. The second kappa shape index (κ2) is 10.2. The number of hydrogen-bond acceptors (Lipinski definition) is 6. The van der Waals surface area contributed by atoms with Crippen LogP contribution in [0.3, 0.4) is 0 Å². The van der Waals surface area contributed by atoms with Crippen molar-refractivity contribution in [1.29, 1.82) is 0 Å². The molecule has 170 valence electrons. The van der Waals surface area contributed by atoms with Gasteiger partial charge in [0.05, 0.1) is 6.26 Å². The van der Waals surface area contributed by atoms with E-state index in [0.29, 0.717) is 23.7 Å². The number of likely N-dealkylation sites (N-methyl/N-ethyl adjacent to an activating group) is 1. The van der Waals surface area contributed by atoms with Crippen LogP contribution in [0.4, 0.5) is 4.39 Å². The Bertz CT molecular complexity index is 1170. The van der Waals surface area contributed by atoms with Crippen LogP contribution in [0.5, 0.6) is 5.75 Å². The summed E-state index contributed by atoms with van der Waals surface area (Å²) < 4.78 is 49.1. The van der Waals surface area contributed by atoms with Gasteiger partial charge in [0.25, 0.3) is 5.91 Å². The molecular weight excluding hydrogens is 459 g/mol. The van der Waals surface area contributed by atoms with Crippen molar-refractivity contribution in [3.8, 4) is 5.75 Å². The third-order valence-corrected chi connectivity index (χ3v) is 6.01. The quantitative estimate of drug-likeness (QED) is 0.430. The fraction of sp³-hybridized carbons (Fsp3) is 0.227. The number of halogens is 2. The van der Waals surface area contributed by atoms with Crippen LogP contribution in [0.1, 0.15) is 16.1 Å². The molecule has 2 aromatic carbocycles. The Labute approximate surface area is 191 Å². The Balaban J connectivity index is 1.91. The monoisotopic (exact) mass is 480 g/mol. The summed E-state index contributed by atoms with van der Waals surface area (Å²) in [5, 5.41) is 0.351. The van der Waals surface area contributed by atoms with E-state index >= 15 is 0 Å². The van der Waals surface area contributed by atoms with Crippen molar-refractivity contribution in [2.75, 3.05) is 27.2 Å². The van der Waals surface area contributed by atoms with Crippen molar-refractivity contribution < 1.29 is 26.2 Å². The largest absolute Gasteiger partial charge is 0.459 e. The Hall–Kier alpha value is -2.88. The molecule has 0 spiro atoms. The van der Waals surface area contributed by atoms with Crippen molar-refractivity contribution in [2.45, 2.75) is 11.4 Å². The minimum atomic E-state index is -4.23. The minimum Gasteiger partial charge on any atom is -0.459 e. The van der Waals surface area contributed by atoms with Crippen LogP contribution in [0.2, 0.25) is 5.02 Å². The van der Waals surface area contributed by atoms with Crippen LogP contribution in [0.15, 0.2) is 70.2 Å². The zero-order chi connectivity index (χ0) is 23.3. The van der Waals surface area contributed by atoms with Gasteiger partial charge in [0.2, 0.25) is 0 Å². The van der Waals surface area contributed by atoms with Crippen molar-refractivity contribution in [3.05, 3.63) is 83.0 Å². The summed E-state index contributed by atoms with van der Waals surface area (Å²) in [4.78, 5) is 16.2. The first kappa shape index (κ1) is 23.8. The van der Waals surface area contributed by atoms with E-state index in [2.05, 4.69) is 0 Å². The molecule has 3 aromatic rings. The molecule has 0 saturated carbocycles. The molecule has 32 heavy (non-hydrogen) atoms. The average molecular weight is 481 g/mol. The van der Waals surface area contributed by atoms with E-state index in [-0.39, 0.29) is 28.9 Å². The lowest BCUT2D eigenvalue weighted by Crippen LogP contribution is -2.36. The van der Waals surface area contributed by atoms with Gasteiger partial charge < -0.3 is 18.4 Å². The van der Waals surface area contributed by atoms with Gasteiger partial charge in [-0.3, -0.25) is 4.79 Å². The van der Waals surface area contributed by atoms with Gasteiger partial charge in [-0.15, -0.1) is 0 Å². The van der Waals surface area contributed by atoms with E-state index in [0.717, 1.165) is 24.3 Å². The summed E-state index contributed by atoms with van der Waals surface area (Å²) in [6, 6.07) is 11.9. The molecule has 0 fully saturated rings. The maximum atomic E-state index is 13.2. The number of furan rings is 1. The second-order valence-electron chi connectivity index (χ2n) is 7.25. The summed E-state index contributed by atoms with van der Waals surface area (Å²) in [7, 11) is -0.483. The summed E-state index contributed by atoms with van der Waals surface area (Å²) in [6.07, 6.45) is 1.40. The molecule has 0 aliphatic carbocycles. The van der Waals surface area contributed by atoms with E-state index in [1.165, 1.54) is 29.4 Å². The second-order valence-corrected chi connectivity index (χ2v) is 9.23. The molecule has 1 amide bonds. The lowest BCUT2D eigenvalue weighted by molar-refractivity contribution is 0.0699. The van der Waals surface area contributed by atoms with E-state index in [1.54, 1.807) is 12.1 Å². The lowest BCUT2D eigenvalue weighted by atomic mass is 10.2. The number of carbonyl (C=O) groups is 1. The standard InChI is InChI=1S/C22H22ClFN2O5S/c1-25(2)11-12-26(22(27)21-4-3-13-30-21)15-16-14-17(23)5-10-20(16)31-32(28,29)19-8-6-18(24)7-9-19/h3-10,13-14H,11-12,15H2,1-2H3. The summed E-state index contributed by atoms with van der Waals surface area (Å²) >= 11 is 6.14. The van der Waals surface area contributed by atoms with Crippen LogP contribution in [-0.2, 0) is 16.7 Å². The van der Waals surface area contributed by atoms with Gasteiger partial charge in [0.15, 0.2) is 5.76 Å². The lowest BCUT2D eigenvalue weighted by Gasteiger charge is -2.24. The van der Waals surface area contributed by atoms with E-state index in [1.807, 2.05) is 19.0 Å². The fourth-order valence-corrected chi connectivity index (χ4v) is 4.01. The zero-order valence-corrected chi connectivity index (χ0v) is 19.1. The first-order chi connectivity index (χ1) is 15.2. The molecule has 0 radical (unpaired) electrons. The highest BCUT2D eigenvalue weighted by Gasteiger charge is 2.23. The highest BCUT2D eigenvalue weighted by molar-refractivity contribution is 7.87. The van der Waals surface area contributed by atoms with Crippen molar-refractivity contribution in [2.24, 2.45) is 0 Å². The number of carbonyl (C=O) groups excluding carboxylic acids is 1. The molecule has 0 unspecified atom stereocenters. The minimum absolute atomic E-state index is 0.0147. The molecule has 0 aliphatic rings. The maximum absolute atomic E-state index is 13.2. The van der Waals surface area contributed by atoms with E-state index in [4.69, 9.17) is 20.2 Å². The van der Waals surface area contributed by atoms with Crippen LogP contribution in [-0.4, -0.2) is 51.3 Å². The molecule has 10 heteroatoms. The molecule has 1 heterocycles. The van der Waals surface area contributed by atoms with Gasteiger partial charge in [-0.1, -0.05) is 11.6 Å². The molecule has 0 saturated heterocycles. The zero-order valence-electron chi connectivity index (χ0n) is 17.5. The SMILES string of the molecule is CN(C)CCN(Cc1cc(Cl)ccc1OS(=O)(=O)c1ccc(F)cc1)C(=O)c1ccco1.